The number of hydrogen-bond acceptors (Lipinski definition) is 4. The van der Waals surface area contributed by atoms with Gasteiger partial charge >= 0.3 is 0 Å². The average Bonchev–Trinajstić information content (AvgIpc) is 3.24. The molecule has 0 aliphatic carbocycles. The number of rotatable bonds is 4. The van der Waals surface area contributed by atoms with Crippen LogP contribution in [0.5, 0.6) is 0 Å². The minimum Gasteiger partial charge on any atom is -0.324 e. The molecule has 32 heavy (non-hydrogen) atoms. The molecule has 0 fully saturated rings. The van der Waals surface area contributed by atoms with Gasteiger partial charge in [-0.15, -0.1) is 0 Å². The lowest BCUT2D eigenvalue weighted by molar-refractivity contribution is -0.117. The molecule has 1 N–H and O–H groups in total. The predicted octanol–water partition coefficient (Wildman–Crippen LogP) is 3.82. The van der Waals surface area contributed by atoms with Gasteiger partial charge in [0.15, 0.2) is 0 Å². The summed E-state index contributed by atoms with van der Waals surface area (Å²) >= 11 is 0. The van der Waals surface area contributed by atoms with Crippen molar-refractivity contribution >= 4 is 33.3 Å². The molecule has 0 aliphatic rings. The quantitative estimate of drug-likeness (QED) is 0.473. The fourth-order valence-corrected chi connectivity index (χ4v) is 3.77. The van der Waals surface area contributed by atoms with E-state index in [4.69, 9.17) is 0 Å². The van der Waals surface area contributed by atoms with E-state index in [-0.39, 0.29) is 23.8 Å². The molecule has 5 rings (SSSR count). The Bertz CT molecular complexity index is 1530. The third-order valence-electron chi connectivity index (χ3n) is 5.30. The molecule has 0 radical (unpaired) electrons. The van der Waals surface area contributed by atoms with Crippen LogP contribution in [0.4, 0.5) is 10.1 Å². The van der Waals surface area contributed by atoms with Crippen molar-refractivity contribution in [2.45, 2.75) is 13.5 Å². The molecule has 0 spiro atoms. The summed E-state index contributed by atoms with van der Waals surface area (Å²) in [6.45, 7) is 1.49. The number of nitrogens with zero attached hydrogens (tertiary/aromatic N) is 4. The third kappa shape index (κ3) is 3.41. The summed E-state index contributed by atoms with van der Waals surface area (Å²) in [5.74, 6) is -0.756. The van der Waals surface area contributed by atoms with E-state index >= 15 is 0 Å². The van der Waals surface area contributed by atoms with Gasteiger partial charge in [-0.1, -0.05) is 36.4 Å². The normalized spacial score (nSPS) is 11.2. The van der Waals surface area contributed by atoms with Crippen molar-refractivity contribution in [3.05, 3.63) is 94.8 Å². The number of nitrogens with one attached hydrogen (secondary N) is 1. The van der Waals surface area contributed by atoms with Crippen molar-refractivity contribution in [2.24, 2.45) is 0 Å². The molecule has 8 heteroatoms. The van der Waals surface area contributed by atoms with E-state index in [1.807, 2.05) is 42.5 Å². The topological polar surface area (TPSA) is 81.8 Å². The van der Waals surface area contributed by atoms with Crippen molar-refractivity contribution in [1.29, 1.82) is 0 Å². The minimum absolute atomic E-state index is 0.257. The Balaban J connectivity index is 1.51. The molecule has 1 amide bonds. The van der Waals surface area contributed by atoms with Gasteiger partial charge in [0.1, 0.15) is 17.9 Å². The van der Waals surface area contributed by atoms with Gasteiger partial charge in [0.2, 0.25) is 5.91 Å². The summed E-state index contributed by atoms with van der Waals surface area (Å²) < 4.78 is 15.9. The first-order chi connectivity index (χ1) is 15.5. The summed E-state index contributed by atoms with van der Waals surface area (Å²) in [6.07, 6.45) is 1.54. The number of aromatic nitrogens is 4. The van der Waals surface area contributed by atoms with Gasteiger partial charge in [-0.05, 0) is 42.6 Å². The SMILES string of the molecule is Cc1nn(CC(=O)Nc2cccc3ccccc23)c(=O)c2c1cnn2-c1ccc(F)cc1. The molecule has 3 aromatic carbocycles. The van der Waals surface area contributed by atoms with Crippen molar-refractivity contribution in [3.63, 3.8) is 0 Å². The second kappa shape index (κ2) is 7.73. The lowest BCUT2D eigenvalue weighted by Gasteiger charge is -2.11. The lowest BCUT2D eigenvalue weighted by Crippen LogP contribution is -2.31. The zero-order valence-electron chi connectivity index (χ0n) is 17.1. The standard InChI is InChI=1S/C24H18FN5O2/c1-15-20-13-26-30(18-11-9-17(25)10-12-18)23(20)24(32)29(28-15)14-22(31)27-21-8-4-6-16-5-2-3-7-19(16)21/h2-13H,14H2,1H3,(H,27,31). The summed E-state index contributed by atoms with van der Waals surface area (Å²) in [4.78, 5) is 26.0. The minimum atomic E-state index is -0.458. The van der Waals surface area contributed by atoms with Gasteiger partial charge in [0, 0.05) is 16.5 Å². The lowest BCUT2D eigenvalue weighted by atomic mass is 10.1. The van der Waals surface area contributed by atoms with Crippen molar-refractivity contribution in [2.75, 3.05) is 5.32 Å². The second-order valence-electron chi connectivity index (χ2n) is 7.42. The zero-order chi connectivity index (χ0) is 22.2. The van der Waals surface area contributed by atoms with Gasteiger partial charge in [0.25, 0.3) is 5.56 Å². The Morgan fingerprint density at radius 2 is 1.75 bits per heavy atom. The Hall–Kier alpha value is -4.33. The van der Waals surface area contributed by atoms with Gasteiger partial charge in [-0.3, -0.25) is 9.59 Å². The molecule has 0 unspecified atom stereocenters. The van der Waals surface area contributed by atoms with Crippen LogP contribution in [-0.4, -0.2) is 25.5 Å². The monoisotopic (exact) mass is 427 g/mol. The maximum Gasteiger partial charge on any atom is 0.293 e. The number of anilines is 1. The van der Waals surface area contributed by atoms with Crippen LogP contribution in [0.2, 0.25) is 0 Å². The first kappa shape index (κ1) is 19.6. The number of halogens is 1. The zero-order valence-corrected chi connectivity index (χ0v) is 17.1. The van der Waals surface area contributed by atoms with Crippen LogP contribution in [0.15, 0.2) is 77.7 Å². The van der Waals surface area contributed by atoms with Gasteiger partial charge in [-0.2, -0.15) is 10.2 Å². The average molecular weight is 427 g/mol. The van der Waals surface area contributed by atoms with Crippen LogP contribution in [-0.2, 0) is 11.3 Å². The maximum absolute atomic E-state index is 13.3. The van der Waals surface area contributed by atoms with Crippen LogP contribution in [0.1, 0.15) is 5.69 Å². The summed E-state index contributed by atoms with van der Waals surface area (Å²) in [7, 11) is 0. The first-order valence-corrected chi connectivity index (χ1v) is 10.0. The summed E-state index contributed by atoms with van der Waals surface area (Å²) in [5.41, 5.74) is 1.58. The largest absolute Gasteiger partial charge is 0.324 e. The van der Waals surface area contributed by atoms with Crippen molar-refractivity contribution < 1.29 is 9.18 Å². The molecule has 0 atom stereocenters. The predicted molar refractivity (Wildman–Crippen MR) is 120 cm³/mol. The van der Waals surface area contributed by atoms with E-state index in [0.29, 0.717) is 22.5 Å². The van der Waals surface area contributed by atoms with E-state index in [9.17, 15) is 14.0 Å². The molecule has 158 valence electrons. The highest BCUT2D eigenvalue weighted by Gasteiger charge is 2.17. The number of amides is 1. The van der Waals surface area contributed by atoms with Crippen LogP contribution in [0.3, 0.4) is 0 Å². The Kier molecular flexibility index (Phi) is 4.74. The van der Waals surface area contributed by atoms with E-state index in [1.54, 1.807) is 13.1 Å². The Morgan fingerprint density at radius 1 is 1.00 bits per heavy atom. The van der Waals surface area contributed by atoms with E-state index in [2.05, 4.69) is 15.5 Å². The molecule has 0 saturated carbocycles. The van der Waals surface area contributed by atoms with E-state index in [1.165, 1.54) is 28.9 Å². The summed E-state index contributed by atoms with van der Waals surface area (Å²) in [5, 5.41) is 13.9. The van der Waals surface area contributed by atoms with E-state index in [0.717, 1.165) is 15.5 Å². The smallest absolute Gasteiger partial charge is 0.293 e. The highest BCUT2D eigenvalue weighted by Crippen LogP contribution is 2.23. The number of hydrogen-bond donors (Lipinski definition) is 1. The molecule has 0 saturated heterocycles. The molecule has 2 heterocycles. The Labute approximate surface area is 181 Å². The second-order valence-corrected chi connectivity index (χ2v) is 7.42. The number of aryl methyl sites for hydroxylation is 1. The third-order valence-corrected chi connectivity index (χ3v) is 5.30. The number of benzene rings is 3. The first-order valence-electron chi connectivity index (χ1n) is 10.0. The fraction of sp³-hybridized carbons (Fsp3) is 0.0833. The fourth-order valence-electron chi connectivity index (χ4n) is 3.77. The van der Waals surface area contributed by atoms with Crippen LogP contribution in [0.25, 0.3) is 27.4 Å². The van der Waals surface area contributed by atoms with Gasteiger partial charge < -0.3 is 5.32 Å². The van der Waals surface area contributed by atoms with Crippen molar-refractivity contribution in [3.8, 4) is 5.69 Å². The molecule has 7 nitrogen and oxygen atoms in total. The Morgan fingerprint density at radius 3 is 2.56 bits per heavy atom. The number of fused-ring (bicyclic) bond motifs is 2. The molecule has 2 aromatic heterocycles. The van der Waals surface area contributed by atoms with E-state index < -0.39 is 5.56 Å². The highest BCUT2D eigenvalue weighted by atomic mass is 19.1. The summed E-state index contributed by atoms with van der Waals surface area (Å²) in [6, 6.07) is 19.0. The molecule has 5 aromatic rings. The van der Waals surface area contributed by atoms with Gasteiger partial charge in [-0.25, -0.2) is 13.8 Å². The van der Waals surface area contributed by atoms with Crippen molar-refractivity contribution in [1.82, 2.24) is 19.6 Å². The molecular weight excluding hydrogens is 409 g/mol. The number of carbonyl (C=O) groups excluding carboxylic acids is 1. The molecular formula is C24H18FN5O2. The highest BCUT2D eigenvalue weighted by molar-refractivity contribution is 6.02. The molecule has 0 bridgehead atoms. The van der Waals surface area contributed by atoms with Crippen LogP contribution >= 0.6 is 0 Å². The van der Waals surface area contributed by atoms with Crippen LogP contribution in [0, 0.1) is 12.7 Å². The molecule has 0 aliphatic heterocycles. The number of carbonyl (C=O) groups is 1. The van der Waals surface area contributed by atoms with Crippen LogP contribution < -0.4 is 10.9 Å². The van der Waals surface area contributed by atoms with Gasteiger partial charge in [0.05, 0.1) is 17.6 Å². The maximum atomic E-state index is 13.3.